The molecule has 2 amide bonds. The van der Waals surface area contributed by atoms with E-state index in [1.165, 1.54) is 11.3 Å². The van der Waals surface area contributed by atoms with Gasteiger partial charge >= 0.3 is 12.0 Å². The lowest BCUT2D eigenvalue weighted by molar-refractivity contribution is -0.151. The minimum atomic E-state index is -0.760. The molecule has 0 aliphatic carbocycles. The number of thiazole rings is 1. The average Bonchev–Trinajstić information content (AvgIpc) is 2.84. The highest BCUT2D eigenvalue weighted by Gasteiger charge is 2.40. The third kappa shape index (κ3) is 3.12. The normalized spacial score (nSPS) is 17.8. The second-order valence-corrected chi connectivity index (χ2v) is 7.24. The van der Waals surface area contributed by atoms with Gasteiger partial charge in [0, 0.05) is 13.1 Å². The molecule has 0 bridgehead atoms. The number of rotatable bonds is 3. The van der Waals surface area contributed by atoms with Crippen molar-refractivity contribution in [2.75, 3.05) is 18.4 Å². The molecule has 0 aromatic carbocycles. The van der Waals surface area contributed by atoms with Crippen molar-refractivity contribution >= 4 is 44.4 Å². The number of urea groups is 1. The topological polar surface area (TPSA) is 82.5 Å². The summed E-state index contributed by atoms with van der Waals surface area (Å²) >= 11 is 4.63. The molecule has 2 heterocycles. The number of carboxylic acid groups (broad SMARTS) is 1. The highest BCUT2D eigenvalue weighted by atomic mass is 79.9. The molecule has 1 aliphatic rings. The monoisotopic (exact) mass is 361 g/mol. The predicted octanol–water partition coefficient (Wildman–Crippen LogP) is 3.01. The lowest BCUT2D eigenvalue weighted by Gasteiger charge is -2.38. The van der Waals surface area contributed by atoms with Gasteiger partial charge < -0.3 is 10.0 Å². The molecule has 0 saturated carbocycles. The third-order valence-electron chi connectivity index (χ3n) is 3.83. The van der Waals surface area contributed by atoms with Gasteiger partial charge in [0.25, 0.3) is 0 Å². The molecule has 6 nitrogen and oxygen atoms in total. The Morgan fingerprint density at radius 1 is 1.55 bits per heavy atom. The second-order valence-electron chi connectivity index (χ2n) is 4.83. The molecule has 0 radical (unpaired) electrons. The quantitative estimate of drug-likeness (QED) is 0.866. The molecule has 20 heavy (non-hydrogen) atoms. The van der Waals surface area contributed by atoms with E-state index in [4.69, 9.17) is 0 Å². The Labute approximate surface area is 129 Å². The largest absolute Gasteiger partial charge is 0.481 e. The van der Waals surface area contributed by atoms with Gasteiger partial charge in [0.05, 0.1) is 15.4 Å². The zero-order valence-corrected chi connectivity index (χ0v) is 13.5. The van der Waals surface area contributed by atoms with Gasteiger partial charge in [0.15, 0.2) is 5.13 Å². The molecular weight excluding hydrogens is 346 g/mol. The van der Waals surface area contributed by atoms with Crippen molar-refractivity contribution < 1.29 is 14.7 Å². The van der Waals surface area contributed by atoms with Crippen molar-refractivity contribution in [2.24, 2.45) is 5.41 Å². The van der Waals surface area contributed by atoms with E-state index in [9.17, 15) is 14.7 Å². The first-order chi connectivity index (χ1) is 9.47. The molecule has 1 aliphatic heterocycles. The average molecular weight is 362 g/mol. The number of carboxylic acids is 1. The Bertz CT molecular complexity index is 512. The molecule has 8 heteroatoms. The van der Waals surface area contributed by atoms with E-state index in [1.807, 2.05) is 6.92 Å². The maximum atomic E-state index is 12.1. The van der Waals surface area contributed by atoms with E-state index in [-0.39, 0.29) is 6.03 Å². The van der Waals surface area contributed by atoms with Gasteiger partial charge in [-0.05, 0) is 35.2 Å². The van der Waals surface area contributed by atoms with Crippen molar-refractivity contribution in [3.63, 3.8) is 0 Å². The molecule has 0 atom stereocenters. The number of amides is 2. The van der Waals surface area contributed by atoms with Crippen LogP contribution in [-0.4, -0.2) is 40.1 Å². The first-order valence-electron chi connectivity index (χ1n) is 6.37. The van der Waals surface area contributed by atoms with E-state index in [0.717, 1.165) is 3.79 Å². The molecule has 110 valence electrons. The molecule has 1 aromatic heterocycles. The number of likely N-dealkylation sites (tertiary alicyclic amines) is 1. The first-order valence-corrected chi connectivity index (χ1v) is 7.98. The standard InChI is InChI=1S/C12H16BrN3O3S/c1-2-12(9(17)18)3-5-16(6-4-12)11(19)15-10-14-7-8(13)20-10/h7H,2-6H2,1H3,(H,17,18)(H,14,15,19). The summed E-state index contributed by atoms with van der Waals surface area (Å²) in [5.74, 6) is -0.760. The van der Waals surface area contributed by atoms with Crippen LogP contribution in [0.4, 0.5) is 9.93 Å². The fourth-order valence-corrected chi connectivity index (χ4v) is 3.44. The number of halogens is 1. The molecule has 1 fully saturated rings. The Morgan fingerprint density at radius 2 is 2.20 bits per heavy atom. The number of nitrogens with one attached hydrogen (secondary N) is 1. The van der Waals surface area contributed by atoms with Gasteiger partial charge in [-0.25, -0.2) is 9.78 Å². The van der Waals surface area contributed by atoms with Gasteiger partial charge in [-0.1, -0.05) is 18.3 Å². The summed E-state index contributed by atoms with van der Waals surface area (Å²) in [5.41, 5.74) is -0.680. The minimum absolute atomic E-state index is 0.220. The molecule has 0 unspecified atom stereocenters. The maximum absolute atomic E-state index is 12.1. The Hall–Kier alpha value is -1.15. The van der Waals surface area contributed by atoms with E-state index in [0.29, 0.717) is 37.5 Å². The molecular formula is C12H16BrN3O3S. The SMILES string of the molecule is CCC1(C(=O)O)CCN(C(=O)Nc2ncc(Br)s2)CC1. The van der Waals surface area contributed by atoms with E-state index >= 15 is 0 Å². The zero-order valence-electron chi connectivity index (χ0n) is 11.1. The van der Waals surface area contributed by atoms with Crippen LogP contribution in [0.25, 0.3) is 0 Å². The van der Waals surface area contributed by atoms with Crippen LogP contribution in [0.5, 0.6) is 0 Å². The number of hydrogen-bond donors (Lipinski definition) is 2. The number of aromatic nitrogens is 1. The third-order valence-corrected chi connectivity index (χ3v) is 5.22. The Kier molecular flexibility index (Phi) is 4.64. The van der Waals surface area contributed by atoms with Crippen molar-refractivity contribution in [3.8, 4) is 0 Å². The molecule has 1 aromatic rings. The molecule has 2 rings (SSSR count). The van der Waals surface area contributed by atoms with Crippen LogP contribution in [0, 0.1) is 5.41 Å². The first kappa shape index (κ1) is 15.2. The van der Waals surface area contributed by atoms with Crippen LogP contribution in [0.3, 0.4) is 0 Å². The lowest BCUT2D eigenvalue weighted by Crippen LogP contribution is -2.47. The summed E-state index contributed by atoms with van der Waals surface area (Å²) in [5, 5.41) is 12.6. The zero-order chi connectivity index (χ0) is 14.8. The molecule has 1 saturated heterocycles. The molecule has 0 spiro atoms. The van der Waals surface area contributed by atoms with Crippen molar-refractivity contribution in [2.45, 2.75) is 26.2 Å². The fraction of sp³-hybridized carbons (Fsp3) is 0.583. The van der Waals surface area contributed by atoms with Crippen LogP contribution in [0.15, 0.2) is 9.98 Å². The number of aliphatic carboxylic acids is 1. The van der Waals surface area contributed by atoms with Gasteiger partial charge in [0.1, 0.15) is 0 Å². The van der Waals surface area contributed by atoms with Crippen LogP contribution in [0.1, 0.15) is 26.2 Å². The van der Waals surface area contributed by atoms with Crippen molar-refractivity contribution in [1.82, 2.24) is 9.88 Å². The number of carbonyl (C=O) groups excluding carboxylic acids is 1. The Morgan fingerprint density at radius 3 is 2.65 bits per heavy atom. The van der Waals surface area contributed by atoms with Crippen LogP contribution < -0.4 is 5.32 Å². The lowest BCUT2D eigenvalue weighted by atomic mass is 9.76. The number of carbonyl (C=O) groups is 2. The van der Waals surface area contributed by atoms with Crippen LogP contribution >= 0.6 is 27.3 Å². The maximum Gasteiger partial charge on any atom is 0.323 e. The van der Waals surface area contributed by atoms with Crippen LogP contribution in [0.2, 0.25) is 0 Å². The highest BCUT2D eigenvalue weighted by Crippen LogP contribution is 2.35. The summed E-state index contributed by atoms with van der Waals surface area (Å²) in [7, 11) is 0. The van der Waals surface area contributed by atoms with Gasteiger partial charge in [0.2, 0.25) is 0 Å². The summed E-state index contributed by atoms with van der Waals surface area (Å²) in [4.78, 5) is 29.1. The summed E-state index contributed by atoms with van der Waals surface area (Å²) in [6.07, 6.45) is 3.21. The van der Waals surface area contributed by atoms with E-state index < -0.39 is 11.4 Å². The minimum Gasteiger partial charge on any atom is -0.481 e. The van der Waals surface area contributed by atoms with Crippen molar-refractivity contribution in [1.29, 1.82) is 0 Å². The summed E-state index contributed by atoms with van der Waals surface area (Å²) in [6.45, 7) is 2.80. The van der Waals surface area contributed by atoms with Gasteiger partial charge in [-0.15, -0.1) is 0 Å². The highest BCUT2D eigenvalue weighted by molar-refractivity contribution is 9.11. The second kappa shape index (κ2) is 6.09. The van der Waals surface area contributed by atoms with Gasteiger partial charge in [-0.2, -0.15) is 0 Å². The summed E-state index contributed by atoms with van der Waals surface area (Å²) in [6, 6.07) is -0.220. The van der Waals surface area contributed by atoms with E-state index in [1.54, 1.807) is 11.1 Å². The summed E-state index contributed by atoms with van der Waals surface area (Å²) < 4.78 is 0.849. The fourth-order valence-electron chi connectivity index (χ4n) is 2.34. The predicted molar refractivity (Wildman–Crippen MR) is 80.0 cm³/mol. The van der Waals surface area contributed by atoms with E-state index in [2.05, 4.69) is 26.2 Å². The Balaban J connectivity index is 1.93. The van der Waals surface area contributed by atoms with Crippen LogP contribution in [-0.2, 0) is 4.79 Å². The van der Waals surface area contributed by atoms with Crippen molar-refractivity contribution in [3.05, 3.63) is 9.98 Å². The smallest absolute Gasteiger partial charge is 0.323 e. The molecule has 2 N–H and O–H groups in total. The number of nitrogens with zero attached hydrogens (tertiary/aromatic N) is 2. The van der Waals surface area contributed by atoms with Gasteiger partial charge in [-0.3, -0.25) is 10.1 Å². The number of anilines is 1. The number of hydrogen-bond acceptors (Lipinski definition) is 4. The number of piperidine rings is 1.